The number of carbonyl (C=O) groups excluding carboxylic acids is 8. The van der Waals surface area contributed by atoms with Crippen LogP contribution in [0.15, 0.2) is 0 Å². The van der Waals surface area contributed by atoms with E-state index >= 15 is 0 Å². The van der Waals surface area contributed by atoms with E-state index in [0.717, 1.165) is 35.5 Å². The van der Waals surface area contributed by atoms with Crippen molar-refractivity contribution < 1.29 is 70.4 Å². The van der Waals surface area contributed by atoms with Crippen molar-refractivity contribution in [2.45, 2.75) is 69.5 Å². The number of esters is 5. The van der Waals surface area contributed by atoms with Crippen molar-refractivity contribution in [2.24, 2.45) is 17.8 Å². The number of ether oxygens (including phenoxy) is 5. The Hall–Kier alpha value is -4.13. The van der Waals surface area contributed by atoms with Crippen molar-refractivity contribution in [1.29, 1.82) is 0 Å². The van der Waals surface area contributed by atoms with Gasteiger partial charge in [0.2, 0.25) is 17.7 Å². The lowest BCUT2D eigenvalue weighted by Gasteiger charge is -2.34. The molecule has 3 amide bonds. The minimum atomic E-state index is -1.74. The van der Waals surface area contributed by atoms with Gasteiger partial charge >= 0.3 is 29.8 Å². The molecule has 0 aromatic heterocycles. The number of hydrogen-bond donors (Lipinski definition) is 3. The highest BCUT2D eigenvalue weighted by atomic mass is 32.2. The average molecular weight is 708 g/mol. The molecule has 0 saturated heterocycles. The van der Waals surface area contributed by atoms with Crippen molar-refractivity contribution in [3.8, 4) is 0 Å². The van der Waals surface area contributed by atoms with Gasteiger partial charge in [0.05, 0.1) is 48.4 Å². The Kier molecular flexibility index (Phi) is 18.9. The molecule has 272 valence electrons. The maximum absolute atomic E-state index is 13.5. The van der Waals surface area contributed by atoms with Crippen LogP contribution in [0.5, 0.6) is 0 Å². The summed E-state index contributed by atoms with van der Waals surface area (Å²) in [6.45, 7) is 0. The largest absolute Gasteiger partial charge is 0.469 e. The summed E-state index contributed by atoms with van der Waals surface area (Å²) in [5.74, 6) is -9.16. The van der Waals surface area contributed by atoms with Gasteiger partial charge in [-0.15, -0.1) is 0 Å². The SMILES string of the molecule is COC(=O)CC[C@H](NC(=O)C1CC(C(=O)N[C@@H](CCS(=O)OC)C(=O)OC)C[C@@H](C(=O)N[C@@H](CCC(=O)OC)C(=O)OC)C1)C(=O)OC. The van der Waals surface area contributed by atoms with Gasteiger partial charge in [-0.1, -0.05) is 0 Å². The summed E-state index contributed by atoms with van der Waals surface area (Å²) in [4.78, 5) is 101. The summed E-state index contributed by atoms with van der Waals surface area (Å²) < 4.78 is 39.9. The molecule has 3 N–H and O–H groups in total. The van der Waals surface area contributed by atoms with Crippen LogP contribution in [0.25, 0.3) is 0 Å². The first-order chi connectivity index (χ1) is 22.7. The first-order valence-electron chi connectivity index (χ1n) is 15.0. The van der Waals surface area contributed by atoms with E-state index < -0.39 is 94.5 Å². The second kappa shape index (κ2) is 21.7. The van der Waals surface area contributed by atoms with E-state index in [1.165, 1.54) is 7.11 Å². The minimum Gasteiger partial charge on any atom is -0.469 e. The maximum atomic E-state index is 13.5. The van der Waals surface area contributed by atoms with Gasteiger partial charge in [0, 0.05) is 30.6 Å². The van der Waals surface area contributed by atoms with Gasteiger partial charge in [0.25, 0.3) is 0 Å². The molecule has 0 bridgehead atoms. The van der Waals surface area contributed by atoms with Gasteiger partial charge in [-0.2, -0.15) is 0 Å². The highest BCUT2D eigenvalue weighted by molar-refractivity contribution is 7.80. The zero-order valence-corrected chi connectivity index (χ0v) is 28.7. The summed E-state index contributed by atoms with van der Waals surface area (Å²) in [5.41, 5.74) is 0. The zero-order chi connectivity index (χ0) is 36.4. The van der Waals surface area contributed by atoms with E-state index in [0.29, 0.717) is 0 Å². The summed E-state index contributed by atoms with van der Waals surface area (Å²) in [7, 11) is 6.83. The quantitative estimate of drug-likeness (QED) is 0.103. The number of hydrogen-bond acceptors (Lipinski definition) is 15. The first kappa shape index (κ1) is 41.9. The van der Waals surface area contributed by atoms with Crippen molar-refractivity contribution in [1.82, 2.24) is 16.0 Å². The molecule has 19 heteroatoms. The summed E-state index contributed by atoms with van der Waals surface area (Å²) in [5, 5.41) is 7.57. The minimum absolute atomic E-state index is 0.110. The molecule has 3 unspecified atom stereocenters. The molecule has 0 radical (unpaired) electrons. The monoisotopic (exact) mass is 707 g/mol. The molecular weight excluding hydrogens is 662 g/mol. The second-order valence-corrected chi connectivity index (χ2v) is 12.1. The molecule has 1 saturated carbocycles. The molecule has 0 aromatic rings. The van der Waals surface area contributed by atoms with Crippen molar-refractivity contribution in [3.05, 3.63) is 0 Å². The fourth-order valence-electron chi connectivity index (χ4n) is 5.03. The van der Waals surface area contributed by atoms with Gasteiger partial charge in [-0.3, -0.25) is 28.2 Å². The molecule has 1 fully saturated rings. The number of rotatable bonds is 19. The van der Waals surface area contributed by atoms with Gasteiger partial charge in [0.1, 0.15) is 18.1 Å². The Morgan fingerprint density at radius 3 is 1.12 bits per heavy atom. The van der Waals surface area contributed by atoms with Gasteiger partial charge < -0.3 is 39.6 Å². The molecule has 48 heavy (non-hydrogen) atoms. The topological polar surface area (TPSA) is 245 Å². The Labute approximate surface area is 280 Å². The van der Waals surface area contributed by atoms with Gasteiger partial charge in [-0.25, -0.2) is 18.6 Å². The van der Waals surface area contributed by atoms with Gasteiger partial charge in [-0.05, 0) is 38.5 Å². The lowest BCUT2D eigenvalue weighted by molar-refractivity contribution is -0.149. The first-order valence-corrected chi connectivity index (χ1v) is 16.2. The van der Waals surface area contributed by atoms with Crippen LogP contribution >= 0.6 is 0 Å². The van der Waals surface area contributed by atoms with Crippen molar-refractivity contribution >= 4 is 58.6 Å². The Morgan fingerprint density at radius 1 is 0.542 bits per heavy atom. The summed E-state index contributed by atoms with van der Waals surface area (Å²) >= 11 is -1.74. The van der Waals surface area contributed by atoms with Crippen molar-refractivity contribution in [3.63, 3.8) is 0 Å². The zero-order valence-electron chi connectivity index (χ0n) is 27.9. The van der Waals surface area contributed by atoms with Crippen LogP contribution < -0.4 is 16.0 Å². The highest BCUT2D eigenvalue weighted by Gasteiger charge is 2.41. The molecular formula is C29H45N3O15S. The molecule has 1 rings (SSSR count). The van der Waals surface area contributed by atoms with Crippen molar-refractivity contribution in [2.75, 3.05) is 48.4 Å². The predicted octanol–water partition coefficient (Wildman–Crippen LogP) is -1.40. The Morgan fingerprint density at radius 2 is 0.854 bits per heavy atom. The second-order valence-electron chi connectivity index (χ2n) is 10.7. The van der Waals surface area contributed by atoms with Crippen LogP contribution in [0, 0.1) is 17.8 Å². The number of amides is 3. The normalized spacial score (nSPS) is 19.6. The van der Waals surface area contributed by atoms with E-state index in [2.05, 4.69) is 25.4 Å². The van der Waals surface area contributed by atoms with Crippen LogP contribution in [-0.2, 0) is 77.3 Å². The molecule has 0 aromatic carbocycles. The molecule has 1 aliphatic carbocycles. The fourth-order valence-corrected chi connectivity index (χ4v) is 5.62. The van der Waals surface area contributed by atoms with Crippen LogP contribution in [0.1, 0.15) is 51.4 Å². The summed E-state index contributed by atoms with van der Waals surface area (Å²) in [6.07, 6.45) is -1.22. The van der Waals surface area contributed by atoms with Gasteiger partial charge in [0.15, 0.2) is 11.1 Å². The lowest BCUT2D eigenvalue weighted by Crippen LogP contribution is -2.51. The standard InChI is InChI=1S/C29H45N3O15S/c1-42-22(33)9-7-19(27(38)44-3)30-24(35)16-13-17(25(36)31-20(28(39)45-4)8-10-23(34)43-2)15-18(14-16)26(37)32-21(29(40)46-5)11-12-48(41)47-6/h16-21H,7-15H2,1-6H3,(H,30,35)(H,31,36)(H,32,37)/t16-,17?,18?,19-,20-,21-,48?/m0/s1. The third-order valence-electron chi connectivity index (χ3n) is 7.71. The third-order valence-corrected chi connectivity index (χ3v) is 8.66. The lowest BCUT2D eigenvalue weighted by atomic mass is 9.73. The molecule has 0 heterocycles. The molecule has 0 aliphatic heterocycles. The summed E-state index contributed by atoms with van der Waals surface area (Å²) in [6, 6.07) is -3.74. The fraction of sp³-hybridized carbons (Fsp3) is 0.724. The smallest absolute Gasteiger partial charge is 0.328 e. The highest BCUT2D eigenvalue weighted by Crippen LogP contribution is 2.35. The maximum Gasteiger partial charge on any atom is 0.328 e. The van der Waals surface area contributed by atoms with E-state index in [1.807, 2.05) is 0 Å². The van der Waals surface area contributed by atoms with E-state index in [1.54, 1.807) is 0 Å². The van der Waals surface area contributed by atoms with Crippen LogP contribution in [0.3, 0.4) is 0 Å². The van der Waals surface area contributed by atoms with Crippen LogP contribution in [0.4, 0.5) is 0 Å². The molecule has 1 aliphatic rings. The Balaban J connectivity index is 3.33. The molecule has 18 nitrogen and oxygen atoms in total. The average Bonchev–Trinajstić information content (AvgIpc) is 3.10. The van der Waals surface area contributed by atoms with Crippen LogP contribution in [-0.4, -0.2) is 118 Å². The number of carbonyl (C=O) groups is 8. The third kappa shape index (κ3) is 13.9. The molecule has 7 atom stereocenters. The number of methoxy groups -OCH3 is 5. The van der Waals surface area contributed by atoms with E-state index in [-0.39, 0.29) is 57.1 Å². The predicted molar refractivity (Wildman–Crippen MR) is 163 cm³/mol. The van der Waals surface area contributed by atoms with E-state index in [4.69, 9.17) is 18.4 Å². The Bertz CT molecular complexity index is 1050. The van der Waals surface area contributed by atoms with E-state index in [9.17, 15) is 42.6 Å². The molecule has 0 spiro atoms. The van der Waals surface area contributed by atoms with Crippen LogP contribution in [0.2, 0.25) is 0 Å². The number of nitrogens with one attached hydrogen (secondary N) is 3.